The predicted octanol–water partition coefficient (Wildman–Crippen LogP) is -2.63. The van der Waals surface area contributed by atoms with Gasteiger partial charge in [-0.25, -0.2) is 0 Å². The molecule has 0 unspecified atom stereocenters. The molecule has 0 radical (unpaired) electrons. The highest BCUT2D eigenvalue weighted by Gasteiger charge is 2.62. The van der Waals surface area contributed by atoms with Crippen LogP contribution in [0.25, 0.3) is 0 Å². The monoisotopic (exact) mass is 1640 g/mol. The van der Waals surface area contributed by atoms with Crippen molar-refractivity contribution in [2.24, 2.45) is 0 Å². The second-order valence-electron chi connectivity index (χ2n) is 27.3. The quantitative estimate of drug-likeness (QED) is 0.0571. The van der Waals surface area contributed by atoms with Gasteiger partial charge >= 0.3 is 0 Å². The molecule has 0 amide bonds. The largest absolute Gasteiger partial charge is 0.394 e. The molecule has 21 heterocycles. The van der Waals surface area contributed by atoms with Crippen LogP contribution in [0.2, 0.25) is 0 Å². The van der Waals surface area contributed by atoms with Gasteiger partial charge < -0.3 is 158 Å². The number of hydrogen-bond donors (Lipinski definition) is 5. The van der Waals surface area contributed by atoms with E-state index in [0.29, 0.717) is 0 Å². The molecule has 111 heavy (non-hydrogen) atoms. The Morgan fingerprint density at radius 2 is 0.396 bits per heavy atom. The lowest BCUT2D eigenvalue weighted by atomic mass is 9.94. The van der Waals surface area contributed by atoms with Gasteiger partial charge in [0.15, 0.2) is 44.0 Å². The van der Waals surface area contributed by atoms with Crippen LogP contribution in [0.4, 0.5) is 0 Å². The van der Waals surface area contributed by atoms with Crippen LogP contribution in [0.3, 0.4) is 0 Å². The number of aliphatic hydroxyl groups excluding tert-OH is 5. The minimum atomic E-state index is -4.60. The maximum absolute atomic E-state index is 14.2. The van der Waals surface area contributed by atoms with Crippen molar-refractivity contribution in [3.63, 3.8) is 0 Å². The molecule has 35 atom stereocenters. The number of aliphatic hydroxyl groups is 5. The van der Waals surface area contributed by atoms with Gasteiger partial charge in [-0.2, -0.15) is 16.8 Å². The van der Waals surface area contributed by atoms with E-state index in [1.165, 1.54) is 124 Å². The first-order valence-corrected chi connectivity index (χ1v) is 38.8. The van der Waals surface area contributed by atoms with Crippen molar-refractivity contribution in [1.29, 1.82) is 0 Å². The standard InChI is InChI=1S/C70H110O39S2/c1-32-17-21-34(22-18-32)110(76,77)94-30-41-48-55(85-8)63(93-16)70(102-41)107-47-40(29-75)100-68(61(91-14)54(47)84-7)109-49-42(31-95-111(78,79)35-23-19-33(2)20-24-35)101-69(62(92-15)56(49)86-9)106-46-39(28-74)98-66(59(89-12)53(46)83-6)104-44-37(26-72)96-64(57(87-10)51(44)81-4)103-43-36(25-71)97-65(58(88-11)50(43)80-3)105-45-38(27-73)99-67(108-48)60(90-13)52(45)82-5/h17-24,36-75H,25-31H2,1-16H3/t36-,37-,38-,39-,40-,41-,42-,43-,44-,45-,46-,47-,48-,49-,50+,51+,52+,53+,54+,55+,56+,57-,58-,59-,60-,61-,62-,63-,64-,65-,66-,67-,68-,69-,70-/m1/s1. The van der Waals surface area contributed by atoms with Crippen molar-refractivity contribution >= 4 is 20.2 Å². The number of rotatable bonds is 27. The van der Waals surface area contributed by atoms with E-state index < -0.39 is 281 Å². The van der Waals surface area contributed by atoms with Gasteiger partial charge in [0.05, 0.1) is 56.0 Å². The molecule has 0 aliphatic carbocycles. The first kappa shape index (κ1) is 90.3. The molecule has 0 aromatic heterocycles. The Morgan fingerprint density at radius 1 is 0.243 bits per heavy atom. The third-order valence-corrected chi connectivity index (χ3v) is 23.9. The molecule has 5 N–H and O–H groups in total. The number of methoxy groups -OCH3 is 14. The maximum atomic E-state index is 14.2. The van der Waals surface area contributed by atoms with Gasteiger partial charge in [0, 0.05) is 99.5 Å². The van der Waals surface area contributed by atoms with E-state index in [9.17, 15) is 42.4 Å². The van der Waals surface area contributed by atoms with E-state index in [1.54, 1.807) is 38.1 Å². The maximum Gasteiger partial charge on any atom is 0.297 e. The molecule has 0 saturated carbocycles. The topological polar surface area (TPSA) is 446 Å². The fourth-order valence-electron chi connectivity index (χ4n) is 15.6. The molecule has 41 heteroatoms. The molecule has 2 aromatic carbocycles. The third-order valence-electron chi connectivity index (χ3n) is 21.3. The van der Waals surface area contributed by atoms with Crippen molar-refractivity contribution in [2.75, 3.05) is 146 Å². The van der Waals surface area contributed by atoms with Gasteiger partial charge in [0.25, 0.3) is 20.2 Å². The lowest BCUT2D eigenvalue weighted by molar-refractivity contribution is -0.402. The summed E-state index contributed by atoms with van der Waals surface area (Å²) < 4.78 is 249. The zero-order chi connectivity index (χ0) is 80.3. The molecule has 21 fully saturated rings. The Balaban J connectivity index is 1.08. The van der Waals surface area contributed by atoms with E-state index >= 15 is 0 Å². The molecule has 0 spiro atoms. The smallest absolute Gasteiger partial charge is 0.297 e. The van der Waals surface area contributed by atoms with Crippen LogP contribution >= 0.6 is 0 Å². The first-order valence-electron chi connectivity index (χ1n) is 36.0. The summed E-state index contributed by atoms with van der Waals surface area (Å²) in [5.41, 5.74) is 1.52. The highest BCUT2D eigenvalue weighted by molar-refractivity contribution is 7.87. The Kier molecular flexibility index (Phi) is 33.4. The summed E-state index contributed by atoms with van der Waals surface area (Å²) in [5, 5.41) is 56.8. The fraction of sp³-hybridized carbons (Fsp3) is 0.829. The zero-order valence-corrected chi connectivity index (χ0v) is 66.3. The predicted molar refractivity (Wildman–Crippen MR) is 370 cm³/mol. The highest BCUT2D eigenvalue weighted by atomic mass is 32.2. The Labute approximate surface area is 645 Å². The zero-order valence-electron chi connectivity index (χ0n) is 64.7. The summed E-state index contributed by atoms with van der Waals surface area (Å²) in [6, 6.07) is 11.8. The van der Waals surface area contributed by atoms with Gasteiger partial charge in [-0.15, -0.1) is 0 Å². The van der Waals surface area contributed by atoms with Gasteiger partial charge in [0.1, 0.15) is 171 Å². The minimum Gasteiger partial charge on any atom is -0.394 e. The van der Waals surface area contributed by atoms with Gasteiger partial charge in [-0.1, -0.05) is 35.4 Å². The number of benzene rings is 2. The average molecular weight is 1640 g/mol. The summed E-state index contributed by atoms with van der Waals surface area (Å²) in [5.74, 6) is 0. The molecule has 21 aliphatic heterocycles. The van der Waals surface area contributed by atoms with Gasteiger partial charge in [-0.3, -0.25) is 8.37 Å². The normalized spacial score (nSPS) is 42.3. The second-order valence-corrected chi connectivity index (χ2v) is 30.6. The number of aryl methyl sites for hydroxylation is 2. The Bertz CT molecular complexity index is 3250. The van der Waals surface area contributed by atoms with Crippen LogP contribution in [-0.2, 0) is 161 Å². The molecular formula is C70H110O39S2. The number of ether oxygens (including phenoxy) is 28. The summed E-state index contributed by atoms with van der Waals surface area (Å²) in [6.45, 7) is -1.99. The molecule has 14 bridgehead atoms. The summed E-state index contributed by atoms with van der Waals surface area (Å²) >= 11 is 0. The van der Waals surface area contributed by atoms with Crippen molar-refractivity contribution in [1.82, 2.24) is 0 Å². The summed E-state index contributed by atoms with van der Waals surface area (Å²) in [4.78, 5) is -0.414. The lowest BCUT2D eigenvalue weighted by Gasteiger charge is -2.52. The van der Waals surface area contributed by atoms with Crippen LogP contribution in [0.1, 0.15) is 11.1 Å². The number of hydrogen-bond acceptors (Lipinski definition) is 39. The molecule has 2 aromatic rings. The van der Waals surface area contributed by atoms with Crippen molar-refractivity contribution < 1.29 is 183 Å². The highest BCUT2D eigenvalue weighted by Crippen LogP contribution is 2.43. The summed E-state index contributed by atoms with van der Waals surface area (Å²) in [7, 11) is 9.37. The van der Waals surface area contributed by atoms with E-state index in [1.807, 2.05) is 0 Å². The Hall–Kier alpha value is -3.06. The summed E-state index contributed by atoms with van der Waals surface area (Å²) in [6.07, 6.45) is -49.0. The molecule has 39 nitrogen and oxygen atoms in total. The minimum absolute atomic E-state index is 0.207. The molecule has 21 saturated heterocycles. The Morgan fingerprint density at radius 3 is 0.550 bits per heavy atom. The van der Waals surface area contributed by atoms with Crippen molar-refractivity contribution in [3.05, 3.63) is 59.7 Å². The SMILES string of the molecule is CO[C@@H]1[C@@H](OC)[C@H]2O[C@H]3[C@H](OC)[C@@H](OC)[C@@H](O[C@H]4[C@H](OC)[C@@H](OC)[C@@H](O[C@H]5[C@H](OC)[C@@H](OC)[C@@H](O[C@H]6[C@H](OC)[C@@H](OC)[C@@H](O[C@H]7[C@H](OC)[C@@H](OC)[C@@H](O[C@H]8[C@H](OC)[C@@H](OC)[C@@H](O[C@@H]1[C@@H](CO)O2)O[C@@H]8CO)O[C@@H]7CO)O[C@@H]6COS(=O)(=O)c1ccc(C)cc1)O[C@@H]5CO)O[C@@H]4COS(=O)(=O)c1ccc(C)cc1)O[C@@H]3CO. The molecule has 636 valence electrons. The van der Waals surface area contributed by atoms with Crippen LogP contribution in [0.5, 0.6) is 0 Å². The van der Waals surface area contributed by atoms with E-state index in [2.05, 4.69) is 0 Å². The van der Waals surface area contributed by atoms with Crippen molar-refractivity contribution in [3.8, 4) is 0 Å². The van der Waals surface area contributed by atoms with Crippen LogP contribution < -0.4 is 0 Å². The second kappa shape index (κ2) is 41.1. The van der Waals surface area contributed by atoms with Gasteiger partial charge in [-0.05, 0) is 38.1 Å². The van der Waals surface area contributed by atoms with E-state index in [4.69, 9.17) is 141 Å². The van der Waals surface area contributed by atoms with E-state index in [-0.39, 0.29) is 9.79 Å². The molecule has 21 aliphatic rings. The fourth-order valence-corrected chi connectivity index (χ4v) is 17.5. The van der Waals surface area contributed by atoms with Crippen LogP contribution in [0.15, 0.2) is 58.3 Å². The van der Waals surface area contributed by atoms with Crippen LogP contribution in [0, 0.1) is 13.8 Å². The lowest BCUT2D eigenvalue weighted by Crippen LogP contribution is -2.69. The molecular weight excluding hydrogens is 1530 g/mol. The van der Waals surface area contributed by atoms with Gasteiger partial charge in [0.2, 0.25) is 0 Å². The third kappa shape index (κ3) is 19.3. The van der Waals surface area contributed by atoms with E-state index in [0.717, 1.165) is 11.1 Å². The van der Waals surface area contributed by atoms with Crippen LogP contribution in [-0.4, -0.2) is 403 Å². The first-order chi connectivity index (χ1) is 53.5. The van der Waals surface area contributed by atoms with Crippen molar-refractivity contribution in [2.45, 2.75) is 239 Å². The molecule has 23 rings (SSSR count). The average Bonchev–Trinajstić information content (AvgIpc) is 0.784.